The number of amides is 1. The summed E-state index contributed by atoms with van der Waals surface area (Å²) in [6.45, 7) is 2.07. The lowest BCUT2D eigenvalue weighted by molar-refractivity contribution is -0.112. The fourth-order valence-corrected chi connectivity index (χ4v) is 3.03. The van der Waals surface area contributed by atoms with E-state index < -0.39 is 0 Å². The van der Waals surface area contributed by atoms with Crippen molar-refractivity contribution >= 4 is 34.6 Å². The lowest BCUT2D eigenvalue weighted by Crippen LogP contribution is -2.20. The molecule has 3 heteroatoms. The number of nitrogens with zero attached hydrogens (tertiary/aromatic N) is 1. The van der Waals surface area contributed by atoms with Crippen LogP contribution in [0.2, 0.25) is 0 Å². The molecule has 18 heavy (non-hydrogen) atoms. The van der Waals surface area contributed by atoms with E-state index in [1.54, 1.807) is 16.2 Å². The molecule has 0 N–H and O–H groups in total. The van der Waals surface area contributed by atoms with E-state index in [2.05, 4.69) is 19.1 Å². The Labute approximate surface area is 110 Å². The summed E-state index contributed by atoms with van der Waals surface area (Å²) in [6, 6.07) is 12.0. The topological polar surface area (TPSA) is 20.3 Å². The Kier molecular flexibility index (Phi) is 2.56. The molecule has 0 bridgehead atoms. The lowest BCUT2D eigenvalue weighted by Gasteiger charge is -2.07. The molecule has 1 aliphatic rings. The number of aryl methyl sites for hydroxylation is 1. The van der Waals surface area contributed by atoms with Gasteiger partial charge >= 0.3 is 0 Å². The number of rotatable bonds is 1. The van der Waals surface area contributed by atoms with E-state index in [4.69, 9.17) is 0 Å². The first-order valence-electron chi connectivity index (χ1n) is 5.82. The van der Waals surface area contributed by atoms with E-state index in [1.165, 1.54) is 4.88 Å². The Morgan fingerprint density at radius 2 is 1.94 bits per heavy atom. The van der Waals surface area contributed by atoms with Crippen LogP contribution in [0.3, 0.4) is 0 Å². The van der Waals surface area contributed by atoms with Crippen molar-refractivity contribution in [3.05, 3.63) is 51.7 Å². The molecule has 2 aromatic rings. The van der Waals surface area contributed by atoms with Gasteiger partial charge in [-0.05, 0) is 31.2 Å². The fraction of sp³-hybridized carbons (Fsp3) is 0.133. The Hall–Kier alpha value is -1.87. The number of thiophene rings is 1. The van der Waals surface area contributed by atoms with Gasteiger partial charge < -0.3 is 4.90 Å². The molecule has 2 nitrogen and oxygen atoms in total. The summed E-state index contributed by atoms with van der Waals surface area (Å²) < 4.78 is 0. The average molecular weight is 255 g/mol. The summed E-state index contributed by atoms with van der Waals surface area (Å²) in [7, 11) is 1.82. The van der Waals surface area contributed by atoms with Crippen molar-refractivity contribution in [3.63, 3.8) is 0 Å². The zero-order valence-electron chi connectivity index (χ0n) is 10.3. The van der Waals surface area contributed by atoms with Crippen molar-refractivity contribution in [3.8, 4) is 0 Å². The van der Waals surface area contributed by atoms with E-state index in [9.17, 15) is 4.79 Å². The summed E-state index contributed by atoms with van der Waals surface area (Å²) in [5.41, 5.74) is 2.80. The van der Waals surface area contributed by atoms with Crippen molar-refractivity contribution in [2.75, 3.05) is 11.9 Å². The lowest BCUT2D eigenvalue weighted by atomic mass is 10.1. The first-order chi connectivity index (χ1) is 8.66. The van der Waals surface area contributed by atoms with Gasteiger partial charge in [-0.1, -0.05) is 18.2 Å². The average Bonchev–Trinajstić information content (AvgIpc) is 2.88. The standard InChI is InChI=1S/C15H13NOS/c1-10-7-8-11(18-10)9-13-12-5-3-4-6-14(12)16(2)15(13)17/h3-9H,1-2H3/b13-9-. The molecule has 1 amide bonds. The molecule has 3 rings (SSSR count). The molecular formula is C15H13NOS. The van der Waals surface area contributed by atoms with Crippen molar-refractivity contribution in [1.82, 2.24) is 0 Å². The molecule has 1 aromatic carbocycles. The Balaban J connectivity index is 2.13. The van der Waals surface area contributed by atoms with Crippen LogP contribution >= 0.6 is 11.3 Å². The van der Waals surface area contributed by atoms with Gasteiger partial charge in [0.05, 0.1) is 11.3 Å². The first kappa shape index (κ1) is 11.2. The zero-order valence-corrected chi connectivity index (χ0v) is 11.1. The molecule has 0 aliphatic carbocycles. The van der Waals surface area contributed by atoms with E-state index in [0.29, 0.717) is 0 Å². The highest BCUT2D eigenvalue weighted by Crippen LogP contribution is 2.37. The zero-order chi connectivity index (χ0) is 12.7. The largest absolute Gasteiger partial charge is 0.311 e. The van der Waals surface area contributed by atoms with Crippen LogP contribution in [0.15, 0.2) is 36.4 Å². The Bertz CT molecular complexity index is 654. The van der Waals surface area contributed by atoms with Gasteiger partial charge in [0.25, 0.3) is 5.91 Å². The maximum atomic E-state index is 12.2. The highest BCUT2D eigenvalue weighted by Gasteiger charge is 2.28. The number of fused-ring (bicyclic) bond motifs is 1. The van der Waals surface area contributed by atoms with Crippen LogP contribution in [0.5, 0.6) is 0 Å². The Morgan fingerprint density at radius 1 is 1.17 bits per heavy atom. The summed E-state index contributed by atoms with van der Waals surface area (Å²) in [6.07, 6.45) is 1.99. The first-order valence-corrected chi connectivity index (χ1v) is 6.64. The molecule has 0 unspecified atom stereocenters. The summed E-state index contributed by atoms with van der Waals surface area (Å²) in [4.78, 5) is 16.3. The predicted octanol–water partition coefficient (Wildman–Crippen LogP) is 3.57. The maximum Gasteiger partial charge on any atom is 0.258 e. The maximum absolute atomic E-state index is 12.2. The number of benzene rings is 1. The van der Waals surface area contributed by atoms with Gasteiger partial charge in [-0.3, -0.25) is 4.79 Å². The number of anilines is 1. The minimum Gasteiger partial charge on any atom is -0.311 e. The number of carbonyl (C=O) groups is 1. The third kappa shape index (κ3) is 1.68. The van der Waals surface area contributed by atoms with Gasteiger partial charge in [0, 0.05) is 22.4 Å². The van der Waals surface area contributed by atoms with Crippen molar-refractivity contribution < 1.29 is 4.79 Å². The number of hydrogen-bond donors (Lipinski definition) is 0. The van der Waals surface area contributed by atoms with Crippen molar-refractivity contribution in [2.45, 2.75) is 6.92 Å². The van der Waals surface area contributed by atoms with Gasteiger partial charge in [-0.25, -0.2) is 0 Å². The van der Waals surface area contributed by atoms with E-state index >= 15 is 0 Å². The quantitative estimate of drug-likeness (QED) is 0.713. The summed E-state index contributed by atoms with van der Waals surface area (Å²) in [5.74, 6) is 0.0715. The fourth-order valence-electron chi connectivity index (χ4n) is 2.21. The summed E-state index contributed by atoms with van der Waals surface area (Å²) >= 11 is 1.71. The monoisotopic (exact) mass is 255 g/mol. The van der Waals surface area contributed by atoms with E-state index in [-0.39, 0.29) is 5.91 Å². The van der Waals surface area contributed by atoms with Crippen LogP contribution in [0.1, 0.15) is 15.3 Å². The Morgan fingerprint density at radius 3 is 2.67 bits per heavy atom. The number of likely N-dealkylation sites (N-methyl/N-ethyl adjacent to an activating group) is 1. The number of carbonyl (C=O) groups excluding carboxylic acids is 1. The van der Waals surface area contributed by atoms with Gasteiger partial charge in [0.2, 0.25) is 0 Å². The number of hydrogen-bond acceptors (Lipinski definition) is 2. The molecule has 0 spiro atoms. The smallest absolute Gasteiger partial charge is 0.258 e. The molecule has 0 radical (unpaired) electrons. The summed E-state index contributed by atoms with van der Waals surface area (Å²) in [5, 5.41) is 0. The van der Waals surface area contributed by atoms with Crippen LogP contribution in [0, 0.1) is 6.92 Å². The molecule has 0 saturated heterocycles. The van der Waals surface area contributed by atoms with E-state index in [0.717, 1.165) is 21.7 Å². The molecule has 90 valence electrons. The molecule has 0 atom stereocenters. The van der Waals surface area contributed by atoms with E-state index in [1.807, 2.05) is 37.4 Å². The van der Waals surface area contributed by atoms with Crippen LogP contribution in [0.4, 0.5) is 5.69 Å². The van der Waals surface area contributed by atoms with Crippen molar-refractivity contribution in [1.29, 1.82) is 0 Å². The molecule has 2 heterocycles. The normalized spacial score (nSPS) is 16.4. The molecule has 1 aliphatic heterocycles. The second-order valence-electron chi connectivity index (χ2n) is 4.39. The highest BCUT2D eigenvalue weighted by atomic mass is 32.1. The van der Waals surface area contributed by atoms with Crippen LogP contribution in [0.25, 0.3) is 11.6 Å². The van der Waals surface area contributed by atoms with Crippen LogP contribution < -0.4 is 4.90 Å². The van der Waals surface area contributed by atoms with Gasteiger partial charge in [-0.2, -0.15) is 0 Å². The molecule has 1 aromatic heterocycles. The highest BCUT2D eigenvalue weighted by molar-refractivity contribution is 7.12. The van der Waals surface area contributed by atoms with Crippen molar-refractivity contribution in [2.24, 2.45) is 0 Å². The molecule has 0 fully saturated rings. The van der Waals surface area contributed by atoms with Gasteiger partial charge in [-0.15, -0.1) is 11.3 Å². The molecular weight excluding hydrogens is 242 g/mol. The number of para-hydroxylation sites is 1. The van der Waals surface area contributed by atoms with Gasteiger partial charge in [0.1, 0.15) is 0 Å². The third-order valence-electron chi connectivity index (χ3n) is 3.14. The van der Waals surface area contributed by atoms with Crippen LogP contribution in [-0.2, 0) is 4.79 Å². The second-order valence-corrected chi connectivity index (χ2v) is 5.71. The minimum atomic E-state index is 0.0715. The SMILES string of the molecule is Cc1ccc(/C=C2\C(=O)N(C)c3ccccc32)s1. The molecule has 0 saturated carbocycles. The minimum absolute atomic E-state index is 0.0715. The second kappa shape index (κ2) is 4.10. The van der Waals surface area contributed by atoms with Crippen LogP contribution in [-0.4, -0.2) is 13.0 Å². The van der Waals surface area contributed by atoms with Gasteiger partial charge in [0.15, 0.2) is 0 Å². The predicted molar refractivity (Wildman–Crippen MR) is 76.8 cm³/mol. The third-order valence-corrected chi connectivity index (χ3v) is 4.09.